The quantitative estimate of drug-likeness (QED) is 0.859. The standard InChI is InChI=1S/C13H12ClN3O2/c14-8-3-4-10-9(6-8)13(19)17(7-16-10)11-2-1-5-15-12(11)18/h3-4,6-7,11H,1-2,5H2,(H,15,18)/t11-/m1/s1. The molecule has 1 saturated heterocycles. The van der Waals surface area contributed by atoms with E-state index in [-0.39, 0.29) is 11.5 Å². The van der Waals surface area contributed by atoms with Gasteiger partial charge >= 0.3 is 0 Å². The van der Waals surface area contributed by atoms with Crippen LogP contribution in [-0.4, -0.2) is 22.0 Å². The molecule has 1 atom stereocenters. The van der Waals surface area contributed by atoms with Crippen molar-refractivity contribution in [3.05, 3.63) is 39.9 Å². The number of carbonyl (C=O) groups is 1. The Hall–Kier alpha value is -1.88. The van der Waals surface area contributed by atoms with Crippen molar-refractivity contribution in [2.24, 2.45) is 0 Å². The summed E-state index contributed by atoms with van der Waals surface area (Å²) in [5, 5.41) is 3.69. The van der Waals surface area contributed by atoms with Gasteiger partial charge in [-0.1, -0.05) is 11.6 Å². The number of hydrogen-bond donors (Lipinski definition) is 1. The second kappa shape index (κ2) is 4.66. The van der Waals surface area contributed by atoms with Crippen LogP contribution in [0.3, 0.4) is 0 Å². The Bertz CT molecular complexity index is 711. The van der Waals surface area contributed by atoms with Gasteiger partial charge in [-0.3, -0.25) is 14.2 Å². The number of hydrogen-bond acceptors (Lipinski definition) is 3. The number of piperidine rings is 1. The first-order valence-electron chi connectivity index (χ1n) is 6.11. The molecule has 0 aliphatic carbocycles. The van der Waals surface area contributed by atoms with Gasteiger partial charge in [0, 0.05) is 11.6 Å². The molecule has 19 heavy (non-hydrogen) atoms. The molecule has 1 N–H and O–H groups in total. The molecule has 0 radical (unpaired) electrons. The third kappa shape index (κ3) is 2.10. The third-order valence-electron chi connectivity index (χ3n) is 3.34. The van der Waals surface area contributed by atoms with Crippen LogP contribution in [0, 0.1) is 0 Å². The smallest absolute Gasteiger partial charge is 0.261 e. The lowest BCUT2D eigenvalue weighted by atomic mass is 10.1. The fraction of sp³-hybridized carbons (Fsp3) is 0.308. The number of fused-ring (bicyclic) bond motifs is 1. The van der Waals surface area contributed by atoms with Crippen molar-refractivity contribution < 1.29 is 4.79 Å². The lowest BCUT2D eigenvalue weighted by molar-refractivity contribution is -0.125. The Balaban J connectivity index is 2.17. The first-order valence-corrected chi connectivity index (χ1v) is 6.49. The number of amides is 1. The fourth-order valence-corrected chi connectivity index (χ4v) is 2.52. The van der Waals surface area contributed by atoms with Crippen LogP contribution in [0.5, 0.6) is 0 Å². The molecular formula is C13H12ClN3O2. The first-order chi connectivity index (χ1) is 9.16. The van der Waals surface area contributed by atoms with Crippen molar-refractivity contribution in [2.75, 3.05) is 6.54 Å². The summed E-state index contributed by atoms with van der Waals surface area (Å²) in [6.45, 7) is 0.664. The van der Waals surface area contributed by atoms with Crippen molar-refractivity contribution in [3.8, 4) is 0 Å². The van der Waals surface area contributed by atoms with E-state index >= 15 is 0 Å². The van der Waals surface area contributed by atoms with E-state index in [0.29, 0.717) is 28.9 Å². The van der Waals surface area contributed by atoms with E-state index in [1.807, 2.05) is 0 Å². The van der Waals surface area contributed by atoms with E-state index in [1.165, 1.54) is 10.9 Å². The number of rotatable bonds is 1. The molecule has 0 bridgehead atoms. The minimum atomic E-state index is -0.475. The van der Waals surface area contributed by atoms with Gasteiger partial charge in [-0.05, 0) is 31.0 Å². The first kappa shape index (κ1) is 12.2. The van der Waals surface area contributed by atoms with Crippen LogP contribution in [0.25, 0.3) is 10.9 Å². The normalized spacial score (nSPS) is 19.4. The summed E-state index contributed by atoms with van der Waals surface area (Å²) in [6, 6.07) is 4.50. The number of nitrogens with zero attached hydrogens (tertiary/aromatic N) is 2. The molecule has 2 aromatic rings. The molecular weight excluding hydrogens is 266 g/mol. The summed E-state index contributed by atoms with van der Waals surface area (Å²) < 4.78 is 1.40. The van der Waals surface area contributed by atoms with Crippen molar-refractivity contribution in [2.45, 2.75) is 18.9 Å². The summed E-state index contributed by atoms with van der Waals surface area (Å²) in [4.78, 5) is 28.5. The maximum Gasteiger partial charge on any atom is 0.261 e. The second-order valence-electron chi connectivity index (χ2n) is 4.57. The molecule has 0 spiro atoms. The zero-order chi connectivity index (χ0) is 13.4. The van der Waals surface area contributed by atoms with Crippen molar-refractivity contribution in [1.82, 2.24) is 14.9 Å². The average Bonchev–Trinajstić information content (AvgIpc) is 2.41. The van der Waals surface area contributed by atoms with Gasteiger partial charge in [0.05, 0.1) is 17.2 Å². The number of carbonyl (C=O) groups excluding carboxylic acids is 1. The number of aromatic nitrogens is 2. The van der Waals surface area contributed by atoms with Gasteiger partial charge in [-0.15, -0.1) is 0 Å². The van der Waals surface area contributed by atoms with Crippen LogP contribution in [0.15, 0.2) is 29.3 Å². The monoisotopic (exact) mass is 277 g/mol. The molecule has 0 unspecified atom stereocenters. The van der Waals surface area contributed by atoms with Gasteiger partial charge in [-0.25, -0.2) is 4.98 Å². The van der Waals surface area contributed by atoms with Crippen LogP contribution < -0.4 is 10.9 Å². The predicted molar refractivity (Wildman–Crippen MR) is 72.3 cm³/mol. The number of benzene rings is 1. The van der Waals surface area contributed by atoms with Crippen LogP contribution in [0.1, 0.15) is 18.9 Å². The lowest BCUT2D eigenvalue weighted by Gasteiger charge is -2.23. The highest BCUT2D eigenvalue weighted by molar-refractivity contribution is 6.31. The molecule has 0 saturated carbocycles. The minimum absolute atomic E-state index is 0.128. The number of nitrogens with one attached hydrogen (secondary N) is 1. The van der Waals surface area contributed by atoms with E-state index in [9.17, 15) is 9.59 Å². The lowest BCUT2D eigenvalue weighted by Crippen LogP contribution is -2.41. The summed E-state index contributed by atoms with van der Waals surface area (Å²) >= 11 is 5.90. The summed E-state index contributed by atoms with van der Waals surface area (Å²) in [7, 11) is 0. The van der Waals surface area contributed by atoms with E-state index < -0.39 is 6.04 Å². The maximum absolute atomic E-state index is 12.4. The van der Waals surface area contributed by atoms with Gasteiger partial charge in [-0.2, -0.15) is 0 Å². The van der Waals surface area contributed by atoms with Crippen molar-refractivity contribution >= 4 is 28.4 Å². The zero-order valence-corrected chi connectivity index (χ0v) is 10.9. The highest BCUT2D eigenvalue weighted by atomic mass is 35.5. The second-order valence-corrected chi connectivity index (χ2v) is 5.00. The summed E-state index contributed by atoms with van der Waals surface area (Å²) in [5.74, 6) is -0.128. The van der Waals surface area contributed by atoms with Gasteiger partial charge in [0.15, 0.2) is 0 Å². The number of halogens is 1. The molecule has 3 rings (SSSR count). The minimum Gasteiger partial charge on any atom is -0.354 e. The van der Waals surface area contributed by atoms with Crippen molar-refractivity contribution in [3.63, 3.8) is 0 Å². The van der Waals surface area contributed by atoms with E-state index in [4.69, 9.17) is 11.6 Å². The average molecular weight is 278 g/mol. The largest absolute Gasteiger partial charge is 0.354 e. The highest BCUT2D eigenvalue weighted by Crippen LogP contribution is 2.18. The Morgan fingerprint density at radius 2 is 2.21 bits per heavy atom. The zero-order valence-electron chi connectivity index (χ0n) is 10.1. The predicted octanol–water partition coefficient (Wildman–Crippen LogP) is 1.50. The van der Waals surface area contributed by atoms with Crippen LogP contribution in [0.2, 0.25) is 5.02 Å². The Labute approximate surface area is 114 Å². The molecule has 1 amide bonds. The Morgan fingerprint density at radius 3 is 3.00 bits per heavy atom. The fourth-order valence-electron chi connectivity index (χ4n) is 2.35. The topological polar surface area (TPSA) is 64.0 Å². The molecule has 1 aromatic heterocycles. The summed E-state index contributed by atoms with van der Waals surface area (Å²) in [6.07, 6.45) is 2.95. The Kier molecular flexibility index (Phi) is 2.98. The van der Waals surface area contributed by atoms with Gasteiger partial charge < -0.3 is 5.32 Å². The highest BCUT2D eigenvalue weighted by Gasteiger charge is 2.25. The summed E-state index contributed by atoms with van der Waals surface area (Å²) in [5.41, 5.74) is 0.358. The molecule has 1 aliphatic rings. The molecule has 98 valence electrons. The van der Waals surface area contributed by atoms with Gasteiger partial charge in [0.1, 0.15) is 6.04 Å². The van der Waals surface area contributed by atoms with Gasteiger partial charge in [0.25, 0.3) is 5.56 Å². The van der Waals surface area contributed by atoms with E-state index in [0.717, 1.165) is 6.42 Å². The Morgan fingerprint density at radius 1 is 1.37 bits per heavy atom. The van der Waals surface area contributed by atoms with E-state index in [2.05, 4.69) is 10.3 Å². The SMILES string of the molecule is O=C1NCCC[C@H]1n1cnc2ccc(Cl)cc2c1=O. The van der Waals surface area contributed by atoms with Crippen LogP contribution in [-0.2, 0) is 4.79 Å². The molecule has 1 fully saturated rings. The maximum atomic E-state index is 12.4. The molecule has 5 nitrogen and oxygen atoms in total. The van der Waals surface area contributed by atoms with Crippen LogP contribution in [0.4, 0.5) is 0 Å². The van der Waals surface area contributed by atoms with Crippen molar-refractivity contribution in [1.29, 1.82) is 0 Å². The molecule has 1 aliphatic heterocycles. The molecule has 6 heteroatoms. The van der Waals surface area contributed by atoms with Crippen LogP contribution >= 0.6 is 11.6 Å². The molecule has 2 heterocycles. The van der Waals surface area contributed by atoms with Gasteiger partial charge in [0.2, 0.25) is 5.91 Å². The molecule has 1 aromatic carbocycles. The third-order valence-corrected chi connectivity index (χ3v) is 3.57. The van der Waals surface area contributed by atoms with E-state index in [1.54, 1.807) is 18.2 Å².